The summed E-state index contributed by atoms with van der Waals surface area (Å²) in [7, 11) is 1.63. The Labute approximate surface area is 99.6 Å². The van der Waals surface area contributed by atoms with Gasteiger partial charge in [0.05, 0.1) is 17.5 Å². The van der Waals surface area contributed by atoms with Gasteiger partial charge in [0.25, 0.3) is 0 Å². The minimum Gasteiger partial charge on any atom is -0.490 e. The van der Waals surface area contributed by atoms with E-state index in [1.807, 2.05) is 25.1 Å². The van der Waals surface area contributed by atoms with E-state index >= 15 is 0 Å². The zero-order valence-corrected chi connectivity index (χ0v) is 9.93. The van der Waals surface area contributed by atoms with E-state index in [0.717, 1.165) is 10.9 Å². The second kappa shape index (κ2) is 4.97. The molecule has 5 heteroatoms. The molecule has 1 aromatic heterocycles. The standard InChI is InChI=1S/C12H15N3O2/c1-8-14-9-4-3-5-10(17-7-6-16-2)11(9)12(13)15-8/h3-5H,6-7H2,1-2H3,(H2,13,14,15). The average Bonchev–Trinajstić information content (AvgIpc) is 2.28. The predicted octanol–water partition coefficient (Wildman–Crippen LogP) is 1.55. The first-order chi connectivity index (χ1) is 8.22. The van der Waals surface area contributed by atoms with Crippen LogP contribution in [0, 0.1) is 6.92 Å². The number of fused-ring (bicyclic) bond motifs is 1. The van der Waals surface area contributed by atoms with Gasteiger partial charge in [-0.05, 0) is 19.1 Å². The highest BCUT2D eigenvalue weighted by molar-refractivity contribution is 5.93. The normalized spacial score (nSPS) is 10.7. The summed E-state index contributed by atoms with van der Waals surface area (Å²) in [6.07, 6.45) is 0. The summed E-state index contributed by atoms with van der Waals surface area (Å²) < 4.78 is 10.5. The summed E-state index contributed by atoms with van der Waals surface area (Å²) in [6.45, 7) is 2.82. The van der Waals surface area contributed by atoms with Crippen molar-refractivity contribution in [1.29, 1.82) is 0 Å². The number of hydrogen-bond donors (Lipinski definition) is 1. The lowest BCUT2D eigenvalue weighted by Crippen LogP contribution is -2.06. The van der Waals surface area contributed by atoms with Crippen LogP contribution in [0.5, 0.6) is 5.75 Å². The number of aryl methyl sites for hydroxylation is 1. The van der Waals surface area contributed by atoms with Gasteiger partial charge in [0.2, 0.25) is 0 Å². The van der Waals surface area contributed by atoms with Crippen LogP contribution in [-0.2, 0) is 4.74 Å². The lowest BCUT2D eigenvalue weighted by molar-refractivity contribution is 0.147. The number of nitrogen functional groups attached to an aromatic ring is 1. The molecule has 2 N–H and O–H groups in total. The largest absolute Gasteiger partial charge is 0.490 e. The summed E-state index contributed by atoms with van der Waals surface area (Å²) in [4.78, 5) is 8.47. The molecule has 1 aromatic carbocycles. The van der Waals surface area contributed by atoms with Crippen LogP contribution in [0.2, 0.25) is 0 Å². The van der Waals surface area contributed by atoms with Gasteiger partial charge in [-0.3, -0.25) is 0 Å². The third-order valence-corrected chi connectivity index (χ3v) is 2.37. The van der Waals surface area contributed by atoms with Gasteiger partial charge in [0.15, 0.2) is 0 Å². The summed E-state index contributed by atoms with van der Waals surface area (Å²) in [6, 6.07) is 5.63. The molecule has 0 atom stereocenters. The Morgan fingerprint density at radius 3 is 2.82 bits per heavy atom. The molecule has 0 saturated carbocycles. The van der Waals surface area contributed by atoms with Gasteiger partial charge in [-0.25, -0.2) is 9.97 Å². The molecule has 0 saturated heterocycles. The van der Waals surface area contributed by atoms with Crippen molar-refractivity contribution in [2.45, 2.75) is 6.92 Å². The van der Waals surface area contributed by atoms with Crippen molar-refractivity contribution in [3.05, 3.63) is 24.0 Å². The zero-order valence-electron chi connectivity index (χ0n) is 9.93. The van der Waals surface area contributed by atoms with Gasteiger partial charge in [-0.15, -0.1) is 0 Å². The molecule has 0 aliphatic rings. The molecule has 2 aromatic rings. The van der Waals surface area contributed by atoms with Crippen LogP contribution in [-0.4, -0.2) is 30.3 Å². The monoisotopic (exact) mass is 233 g/mol. The van der Waals surface area contributed by atoms with E-state index in [9.17, 15) is 0 Å². The quantitative estimate of drug-likeness (QED) is 0.811. The van der Waals surface area contributed by atoms with E-state index in [1.54, 1.807) is 7.11 Å². The Kier molecular flexibility index (Phi) is 3.39. The first kappa shape index (κ1) is 11.6. The van der Waals surface area contributed by atoms with Gasteiger partial charge >= 0.3 is 0 Å². The molecular formula is C12H15N3O2. The van der Waals surface area contributed by atoms with Gasteiger partial charge in [-0.1, -0.05) is 6.07 Å². The smallest absolute Gasteiger partial charge is 0.138 e. The highest BCUT2D eigenvalue weighted by Gasteiger charge is 2.08. The summed E-state index contributed by atoms with van der Waals surface area (Å²) >= 11 is 0. The van der Waals surface area contributed by atoms with Crippen LogP contribution in [0.1, 0.15) is 5.82 Å². The highest BCUT2D eigenvalue weighted by Crippen LogP contribution is 2.28. The fourth-order valence-corrected chi connectivity index (χ4v) is 1.65. The van der Waals surface area contributed by atoms with E-state index in [1.165, 1.54) is 0 Å². The van der Waals surface area contributed by atoms with Gasteiger partial charge in [-0.2, -0.15) is 0 Å². The van der Waals surface area contributed by atoms with Crippen molar-refractivity contribution in [2.24, 2.45) is 0 Å². The van der Waals surface area contributed by atoms with Crippen LogP contribution in [0.15, 0.2) is 18.2 Å². The Bertz CT molecular complexity index is 528. The molecule has 90 valence electrons. The van der Waals surface area contributed by atoms with Gasteiger partial charge < -0.3 is 15.2 Å². The summed E-state index contributed by atoms with van der Waals surface area (Å²) in [5, 5.41) is 0.759. The SMILES string of the molecule is COCCOc1cccc2nc(C)nc(N)c12. The Morgan fingerprint density at radius 2 is 2.06 bits per heavy atom. The zero-order chi connectivity index (χ0) is 12.3. The highest BCUT2D eigenvalue weighted by atomic mass is 16.5. The molecule has 1 heterocycles. The van der Waals surface area contributed by atoms with Crippen molar-refractivity contribution in [3.63, 3.8) is 0 Å². The second-order valence-corrected chi connectivity index (χ2v) is 3.65. The maximum absolute atomic E-state index is 5.90. The number of benzene rings is 1. The lowest BCUT2D eigenvalue weighted by atomic mass is 10.2. The summed E-state index contributed by atoms with van der Waals surface area (Å²) in [5.74, 6) is 1.79. The summed E-state index contributed by atoms with van der Waals surface area (Å²) in [5.41, 5.74) is 6.70. The van der Waals surface area contributed by atoms with Crippen LogP contribution in [0.3, 0.4) is 0 Å². The van der Waals surface area contributed by atoms with Crippen molar-refractivity contribution in [1.82, 2.24) is 9.97 Å². The predicted molar refractivity (Wildman–Crippen MR) is 66.1 cm³/mol. The number of ether oxygens (including phenoxy) is 2. The molecule has 0 radical (unpaired) electrons. The van der Waals surface area contributed by atoms with Crippen LogP contribution < -0.4 is 10.5 Å². The number of anilines is 1. The molecule has 0 amide bonds. The van der Waals surface area contributed by atoms with Crippen molar-refractivity contribution >= 4 is 16.7 Å². The molecule has 0 aliphatic heterocycles. The first-order valence-corrected chi connectivity index (χ1v) is 5.37. The molecule has 0 spiro atoms. The number of hydrogen-bond acceptors (Lipinski definition) is 5. The number of methoxy groups -OCH3 is 1. The maximum atomic E-state index is 5.90. The van der Waals surface area contributed by atoms with Crippen LogP contribution >= 0.6 is 0 Å². The van der Waals surface area contributed by atoms with Crippen LogP contribution in [0.25, 0.3) is 10.9 Å². The number of rotatable bonds is 4. The van der Waals surface area contributed by atoms with E-state index in [0.29, 0.717) is 30.6 Å². The van der Waals surface area contributed by atoms with Crippen molar-refractivity contribution in [3.8, 4) is 5.75 Å². The van der Waals surface area contributed by atoms with E-state index in [2.05, 4.69) is 9.97 Å². The fourth-order valence-electron chi connectivity index (χ4n) is 1.65. The molecule has 17 heavy (non-hydrogen) atoms. The fraction of sp³-hybridized carbons (Fsp3) is 0.333. The lowest BCUT2D eigenvalue weighted by Gasteiger charge is -2.10. The molecule has 0 aliphatic carbocycles. The van der Waals surface area contributed by atoms with Gasteiger partial charge in [0, 0.05) is 7.11 Å². The molecule has 0 fully saturated rings. The minimum absolute atomic E-state index is 0.445. The molecule has 0 bridgehead atoms. The van der Waals surface area contributed by atoms with E-state index < -0.39 is 0 Å². The van der Waals surface area contributed by atoms with E-state index in [-0.39, 0.29) is 0 Å². The third-order valence-electron chi connectivity index (χ3n) is 2.37. The van der Waals surface area contributed by atoms with Gasteiger partial charge in [0.1, 0.15) is 24.0 Å². The van der Waals surface area contributed by atoms with E-state index in [4.69, 9.17) is 15.2 Å². The van der Waals surface area contributed by atoms with Crippen molar-refractivity contribution < 1.29 is 9.47 Å². The molecule has 0 unspecified atom stereocenters. The van der Waals surface area contributed by atoms with Crippen molar-refractivity contribution in [2.75, 3.05) is 26.1 Å². The van der Waals surface area contributed by atoms with Crippen LogP contribution in [0.4, 0.5) is 5.82 Å². The number of nitrogens with two attached hydrogens (primary N) is 1. The third kappa shape index (κ3) is 2.45. The minimum atomic E-state index is 0.445. The second-order valence-electron chi connectivity index (χ2n) is 3.65. The Hall–Kier alpha value is -1.88. The molecule has 2 rings (SSSR count). The molecule has 5 nitrogen and oxygen atoms in total. The first-order valence-electron chi connectivity index (χ1n) is 5.37. The molecular weight excluding hydrogens is 218 g/mol. The number of nitrogens with zero attached hydrogens (tertiary/aromatic N) is 2. The average molecular weight is 233 g/mol. The maximum Gasteiger partial charge on any atom is 0.138 e. The Balaban J connectivity index is 2.42. The topological polar surface area (TPSA) is 70.3 Å². The Morgan fingerprint density at radius 1 is 1.24 bits per heavy atom. The number of aromatic nitrogens is 2.